The molecule has 0 saturated carbocycles. The summed E-state index contributed by atoms with van der Waals surface area (Å²) in [5.41, 5.74) is 5.89. The largest absolute Gasteiger partial charge is 0.340 e. The lowest BCUT2D eigenvalue weighted by molar-refractivity contribution is -0.134. The molecule has 0 aromatic rings. The molecule has 4 heteroatoms. The standard InChI is InChI=1S/C13H26N2OS/c1-12(2,3)10(14)11(16)15-7-6-13(4,5)17-9-8-15/h10H,6-9,14H2,1-5H3/t10-/m1/s1. The van der Waals surface area contributed by atoms with Crippen molar-refractivity contribution >= 4 is 17.7 Å². The Morgan fingerprint density at radius 1 is 1.35 bits per heavy atom. The van der Waals surface area contributed by atoms with Crippen LogP contribution in [0.1, 0.15) is 41.0 Å². The van der Waals surface area contributed by atoms with E-state index in [0.717, 1.165) is 25.3 Å². The number of hydrogen-bond donors (Lipinski definition) is 1. The minimum absolute atomic E-state index is 0.107. The highest BCUT2D eigenvalue weighted by molar-refractivity contribution is 8.00. The molecule has 2 N–H and O–H groups in total. The third kappa shape index (κ3) is 4.18. The molecular formula is C13H26N2OS. The molecule has 0 unspecified atom stereocenters. The third-order valence-corrected chi connectivity index (χ3v) is 4.72. The Labute approximate surface area is 109 Å². The number of carbonyl (C=O) groups is 1. The third-order valence-electron chi connectivity index (χ3n) is 3.35. The maximum absolute atomic E-state index is 12.3. The molecule has 0 aromatic carbocycles. The van der Waals surface area contributed by atoms with Gasteiger partial charge in [0, 0.05) is 23.6 Å². The smallest absolute Gasteiger partial charge is 0.240 e. The summed E-state index contributed by atoms with van der Waals surface area (Å²) in [5.74, 6) is 1.12. The SMILES string of the molecule is CC1(C)CCN(C(=O)[C@@H](N)C(C)(C)C)CCS1. The Morgan fingerprint density at radius 3 is 2.47 bits per heavy atom. The first-order valence-electron chi connectivity index (χ1n) is 6.32. The van der Waals surface area contributed by atoms with E-state index in [4.69, 9.17) is 5.73 Å². The molecule has 1 heterocycles. The molecule has 0 aromatic heterocycles. The second kappa shape index (κ2) is 5.19. The van der Waals surface area contributed by atoms with Crippen molar-refractivity contribution in [2.45, 2.75) is 51.8 Å². The molecule has 0 aliphatic carbocycles. The summed E-state index contributed by atoms with van der Waals surface area (Å²) in [7, 11) is 0. The molecule has 1 atom stereocenters. The number of nitrogens with zero attached hydrogens (tertiary/aromatic N) is 1. The van der Waals surface area contributed by atoms with Crippen LogP contribution in [0.25, 0.3) is 0 Å². The van der Waals surface area contributed by atoms with Gasteiger partial charge in [-0.1, -0.05) is 34.6 Å². The zero-order chi connectivity index (χ0) is 13.3. The molecule has 0 spiro atoms. The summed E-state index contributed by atoms with van der Waals surface area (Å²) in [6.45, 7) is 12.2. The number of thioether (sulfide) groups is 1. The number of amides is 1. The van der Waals surface area contributed by atoms with Crippen LogP contribution in [-0.4, -0.2) is 40.4 Å². The molecule has 0 radical (unpaired) electrons. The van der Waals surface area contributed by atoms with Crippen LogP contribution >= 0.6 is 11.8 Å². The van der Waals surface area contributed by atoms with E-state index in [0.29, 0.717) is 0 Å². The van der Waals surface area contributed by atoms with Crippen molar-refractivity contribution < 1.29 is 4.79 Å². The van der Waals surface area contributed by atoms with Gasteiger partial charge in [-0.25, -0.2) is 0 Å². The second-order valence-electron chi connectivity index (χ2n) is 6.53. The molecule has 17 heavy (non-hydrogen) atoms. The fourth-order valence-corrected chi connectivity index (χ4v) is 2.91. The predicted molar refractivity (Wildman–Crippen MR) is 75.2 cm³/mol. The summed E-state index contributed by atoms with van der Waals surface area (Å²) in [6, 6.07) is -0.395. The first-order chi connectivity index (χ1) is 7.63. The number of carbonyl (C=O) groups excluding carboxylic acids is 1. The highest BCUT2D eigenvalue weighted by Crippen LogP contribution is 2.31. The van der Waals surface area contributed by atoms with Gasteiger partial charge in [-0.2, -0.15) is 11.8 Å². The van der Waals surface area contributed by atoms with Gasteiger partial charge in [0.1, 0.15) is 0 Å². The van der Waals surface area contributed by atoms with Crippen molar-refractivity contribution in [3.8, 4) is 0 Å². The predicted octanol–water partition coefficient (Wildman–Crippen LogP) is 2.10. The number of rotatable bonds is 1. The topological polar surface area (TPSA) is 46.3 Å². The van der Waals surface area contributed by atoms with Gasteiger partial charge in [0.15, 0.2) is 0 Å². The second-order valence-corrected chi connectivity index (χ2v) is 8.33. The summed E-state index contributed by atoms with van der Waals surface area (Å²) in [6.07, 6.45) is 1.04. The van der Waals surface area contributed by atoms with Crippen LogP contribution in [0, 0.1) is 5.41 Å². The van der Waals surface area contributed by atoms with E-state index in [2.05, 4.69) is 13.8 Å². The summed E-state index contributed by atoms with van der Waals surface area (Å²) in [4.78, 5) is 14.2. The van der Waals surface area contributed by atoms with Crippen molar-refractivity contribution in [3.63, 3.8) is 0 Å². The van der Waals surface area contributed by atoms with Crippen molar-refractivity contribution in [1.82, 2.24) is 4.90 Å². The summed E-state index contributed by atoms with van der Waals surface area (Å²) in [5, 5.41) is 0. The average molecular weight is 258 g/mol. The molecule has 1 aliphatic rings. The van der Waals surface area contributed by atoms with Gasteiger partial charge in [0.05, 0.1) is 6.04 Å². The van der Waals surface area contributed by atoms with Gasteiger partial charge in [-0.05, 0) is 11.8 Å². The molecule has 1 amide bonds. The average Bonchev–Trinajstić information content (AvgIpc) is 2.36. The quantitative estimate of drug-likeness (QED) is 0.783. The van der Waals surface area contributed by atoms with Crippen LogP contribution in [0.4, 0.5) is 0 Å². The molecule has 1 rings (SSSR count). The Hall–Kier alpha value is -0.220. The lowest BCUT2D eigenvalue weighted by Gasteiger charge is -2.31. The van der Waals surface area contributed by atoms with Crippen molar-refractivity contribution in [1.29, 1.82) is 0 Å². The molecule has 1 fully saturated rings. The van der Waals surface area contributed by atoms with Gasteiger partial charge in [-0.3, -0.25) is 4.79 Å². The molecule has 1 saturated heterocycles. The van der Waals surface area contributed by atoms with Crippen LogP contribution in [0.2, 0.25) is 0 Å². The first-order valence-corrected chi connectivity index (χ1v) is 7.30. The van der Waals surface area contributed by atoms with E-state index in [1.807, 2.05) is 37.4 Å². The number of hydrogen-bond acceptors (Lipinski definition) is 3. The van der Waals surface area contributed by atoms with Crippen molar-refractivity contribution in [2.24, 2.45) is 11.1 Å². The zero-order valence-electron chi connectivity index (χ0n) is 11.7. The van der Waals surface area contributed by atoms with Crippen molar-refractivity contribution in [3.05, 3.63) is 0 Å². The normalized spacial score (nSPS) is 23.1. The monoisotopic (exact) mass is 258 g/mol. The maximum atomic E-state index is 12.3. The zero-order valence-corrected chi connectivity index (χ0v) is 12.6. The van der Waals surface area contributed by atoms with Gasteiger partial charge in [0.2, 0.25) is 5.91 Å². The molecule has 0 bridgehead atoms. The first kappa shape index (κ1) is 14.8. The van der Waals surface area contributed by atoms with Crippen LogP contribution in [0.15, 0.2) is 0 Å². The van der Waals surface area contributed by atoms with E-state index in [-0.39, 0.29) is 16.1 Å². The molecule has 100 valence electrons. The van der Waals surface area contributed by atoms with E-state index >= 15 is 0 Å². The Kier molecular flexibility index (Phi) is 4.53. The number of nitrogens with two attached hydrogens (primary N) is 1. The molecule has 3 nitrogen and oxygen atoms in total. The molecular weight excluding hydrogens is 232 g/mol. The van der Waals surface area contributed by atoms with Crippen LogP contribution in [0.5, 0.6) is 0 Å². The van der Waals surface area contributed by atoms with Gasteiger partial charge in [-0.15, -0.1) is 0 Å². The van der Waals surface area contributed by atoms with Crippen molar-refractivity contribution in [2.75, 3.05) is 18.8 Å². The maximum Gasteiger partial charge on any atom is 0.240 e. The minimum atomic E-state index is -0.395. The highest BCUT2D eigenvalue weighted by atomic mass is 32.2. The van der Waals surface area contributed by atoms with Crippen LogP contribution in [-0.2, 0) is 4.79 Å². The van der Waals surface area contributed by atoms with Crippen LogP contribution < -0.4 is 5.73 Å². The molecule has 1 aliphatic heterocycles. The Morgan fingerprint density at radius 2 is 1.94 bits per heavy atom. The lowest BCUT2D eigenvalue weighted by Crippen LogP contribution is -2.51. The van der Waals surface area contributed by atoms with E-state index < -0.39 is 6.04 Å². The fraction of sp³-hybridized carbons (Fsp3) is 0.923. The van der Waals surface area contributed by atoms with E-state index in [9.17, 15) is 4.79 Å². The lowest BCUT2D eigenvalue weighted by atomic mass is 9.86. The highest BCUT2D eigenvalue weighted by Gasteiger charge is 2.33. The minimum Gasteiger partial charge on any atom is -0.340 e. The van der Waals surface area contributed by atoms with Gasteiger partial charge < -0.3 is 10.6 Å². The van der Waals surface area contributed by atoms with Crippen LogP contribution in [0.3, 0.4) is 0 Å². The summed E-state index contributed by atoms with van der Waals surface area (Å²) >= 11 is 1.95. The Balaban J connectivity index is 2.65. The van der Waals surface area contributed by atoms with Gasteiger partial charge in [0.25, 0.3) is 0 Å². The summed E-state index contributed by atoms with van der Waals surface area (Å²) < 4.78 is 0.279. The van der Waals surface area contributed by atoms with Gasteiger partial charge >= 0.3 is 0 Å². The Bertz CT molecular complexity index is 284. The fourth-order valence-electron chi connectivity index (χ4n) is 1.81. The van der Waals surface area contributed by atoms with E-state index in [1.54, 1.807) is 0 Å². The van der Waals surface area contributed by atoms with E-state index in [1.165, 1.54) is 0 Å².